The van der Waals surface area contributed by atoms with Crippen LogP contribution in [0.1, 0.15) is 18.7 Å². The quantitative estimate of drug-likeness (QED) is 0.727. The molecule has 1 atom stereocenters. The predicted molar refractivity (Wildman–Crippen MR) is 101 cm³/mol. The second kappa shape index (κ2) is 8.94. The number of para-hydroxylation sites is 1. The number of aromatic nitrogens is 2. The van der Waals surface area contributed by atoms with Gasteiger partial charge >= 0.3 is 0 Å². The first-order chi connectivity index (χ1) is 11.7. The van der Waals surface area contributed by atoms with Gasteiger partial charge in [0.25, 0.3) is 0 Å². The number of hydrogen-bond donors (Lipinski definition) is 3. The van der Waals surface area contributed by atoms with Gasteiger partial charge in [0.1, 0.15) is 11.6 Å². The van der Waals surface area contributed by atoms with E-state index in [1.54, 1.807) is 0 Å². The third-order valence-electron chi connectivity index (χ3n) is 4.36. The first-order valence-corrected chi connectivity index (χ1v) is 8.38. The van der Waals surface area contributed by atoms with Crippen molar-refractivity contribution in [3.05, 3.63) is 30.1 Å². The van der Waals surface area contributed by atoms with Crippen molar-refractivity contribution in [2.24, 2.45) is 11.7 Å². The Balaban J connectivity index is 0.00000225. The fourth-order valence-corrected chi connectivity index (χ4v) is 3.17. The largest absolute Gasteiger partial charge is 0.383 e. The normalized spacial score (nSPS) is 17.9. The van der Waals surface area contributed by atoms with Crippen LogP contribution in [-0.2, 0) is 11.3 Å². The number of likely N-dealkylation sites (tertiary alicyclic amines) is 1. The summed E-state index contributed by atoms with van der Waals surface area (Å²) in [4.78, 5) is 23.4. The highest BCUT2D eigenvalue weighted by atomic mass is 35.5. The topological polar surface area (TPSA) is 110 Å². The maximum absolute atomic E-state index is 12.1. The van der Waals surface area contributed by atoms with Gasteiger partial charge in [0.2, 0.25) is 5.91 Å². The van der Waals surface area contributed by atoms with Crippen LogP contribution in [0, 0.1) is 5.92 Å². The molecule has 3 rings (SSSR count). The van der Waals surface area contributed by atoms with Crippen LogP contribution in [0.3, 0.4) is 0 Å². The zero-order chi connectivity index (χ0) is 16.9. The summed E-state index contributed by atoms with van der Waals surface area (Å²) >= 11 is 0. The second-order valence-corrected chi connectivity index (χ2v) is 6.20. The number of piperidine rings is 1. The molecule has 7 nitrogen and oxygen atoms in total. The number of rotatable bonds is 5. The SMILES string of the molecule is Cl.NCCNC(=O)C1CCCN(Cc2nc(N)c3ccccc3n2)C1. The maximum Gasteiger partial charge on any atom is 0.224 e. The Morgan fingerprint density at radius 2 is 2.12 bits per heavy atom. The van der Waals surface area contributed by atoms with E-state index < -0.39 is 0 Å². The van der Waals surface area contributed by atoms with Crippen LogP contribution in [0.15, 0.2) is 24.3 Å². The van der Waals surface area contributed by atoms with Gasteiger partial charge in [-0.3, -0.25) is 9.69 Å². The number of hydrogen-bond acceptors (Lipinski definition) is 6. The highest BCUT2D eigenvalue weighted by Gasteiger charge is 2.26. The molecule has 2 heterocycles. The maximum atomic E-state index is 12.1. The van der Waals surface area contributed by atoms with E-state index in [4.69, 9.17) is 11.5 Å². The van der Waals surface area contributed by atoms with Gasteiger partial charge in [-0.05, 0) is 31.5 Å². The molecule has 0 spiro atoms. The van der Waals surface area contributed by atoms with Crippen molar-refractivity contribution in [2.75, 3.05) is 31.9 Å². The molecule has 1 aromatic carbocycles. The van der Waals surface area contributed by atoms with Crippen molar-refractivity contribution in [1.82, 2.24) is 20.2 Å². The molecule has 1 amide bonds. The number of anilines is 1. The van der Waals surface area contributed by atoms with Crippen LogP contribution in [-0.4, -0.2) is 47.0 Å². The molecule has 1 saturated heterocycles. The van der Waals surface area contributed by atoms with Crippen LogP contribution in [0.4, 0.5) is 5.82 Å². The lowest BCUT2D eigenvalue weighted by Gasteiger charge is -2.31. The summed E-state index contributed by atoms with van der Waals surface area (Å²) in [5, 5.41) is 3.75. The number of nitrogens with one attached hydrogen (secondary N) is 1. The molecule has 0 radical (unpaired) electrons. The first kappa shape index (κ1) is 19.4. The van der Waals surface area contributed by atoms with Gasteiger partial charge in [0, 0.05) is 25.0 Å². The molecular weight excluding hydrogens is 340 g/mol. The van der Waals surface area contributed by atoms with E-state index in [0.29, 0.717) is 37.8 Å². The van der Waals surface area contributed by atoms with E-state index in [0.717, 1.165) is 30.3 Å². The molecule has 2 aromatic rings. The lowest BCUT2D eigenvalue weighted by atomic mass is 9.97. The number of nitrogens with zero attached hydrogens (tertiary/aromatic N) is 3. The molecule has 1 fully saturated rings. The van der Waals surface area contributed by atoms with Crippen LogP contribution >= 0.6 is 12.4 Å². The van der Waals surface area contributed by atoms with Gasteiger partial charge in [-0.1, -0.05) is 12.1 Å². The molecule has 136 valence electrons. The molecule has 5 N–H and O–H groups in total. The van der Waals surface area contributed by atoms with Gasteiger partial charge in [-0.25, -0.2) is 9.97 Å². The number of benzene rings is 1. The molecule has 0 bridgehead atoms. The first-order valence-electron chi connectivity index (χ1n) is 8.38. The smallest absolute Gasteiger partial charge is 0.224 e. The van der Waals surface area contributed by atoms with E-state index in [2.05, 4.69) is 20.2 Å². The van der Waals surface area contributed by atoms with Crippen molar-refractivity contribution >= 4 is 35.0 Å². The third kappa shape index (κ3) is 4.78. The van der Waals surface area contributed by atoms with Crippen molar-refractivity contribution in [3.8, 4) is 0 Å². The number of carbonyl (C=O) groups is 1. The van der Waals surface area contributed by atoms with Crippen LogP contribution in [0.5, 0.6) is 0 Å². The van der Waals surface area contributed by atoms with Gasteiger partial charge in [-0.15, -0.1) is 12.4 Å². The summed E-state index contributed by atoms with van der Waals surface area (Å²) < 4.78 is 0. The van der Waals surface area contributed by atoms with Crippen LogP contribution < -0.4 is 16.8 Å². The average Bonchev–Trinajstić information content (AvgIpc) is 2.60. The number of nitrogens with two attached hydrogens (primary N) is 2. The lowest BCUT2D eigenvalue weighted by Crippen LogP contribution is -2.43. The summed E-state index contributed by atoms with van der Waals surface area (Å²) in [6.45, 7) is 3.25. The van der Waals surface area contributed by atoms with Gasteiger partial charge in [0.05, 0.1) is 18.0 Å². The summed E-state index contributed by atoms with van der Waals surface area (Å²) in [5.74, 6) is 1.30. The molecule has 25 heavy (non-hydrogen) atoms. The highest BCUT2D eigenvalue weighted by molar-refractivity contribution is 5.87. The van der Waals surface area contributed by atoms with Crippen LogP contribution in [0.25, 0.3) is 10.9 Å². The molecule has 0 saturated carbocycles. The third-order valence-corrected chi connectivity index (χ3v) is 4.36. The number of halogens is 1. The molecule has 1 unspecified atom stereocenters. The molecule has 1 aliphatic rings. The molecule has 1 aromatic heterocycles. The van der Waals surface area contributed by atoms with Crippen molar-refractivity contribution in [1.29, 1.82) is 0 Å². The minimum Gasteiger partial charge on any atom is -0.383 e. The van der Waals surface area contributed by atoms with E-state index in [1.807, 2.05) is 24.3 Å². The Bertz CT molecular complexity index is 725. The molecular formula is C17H25ClN6O. The van der Waals surface area contributed by atoms with E-state index >= 15 is 0 Å². The Morgan fingerprint density at radius 1 is 1.32 bits per heavy atom. The predicted octanol–water partition coefficient (Wildman–Crippen LogP) is 0.921. The minimum absolute atomic E-state index is 0. The molecule has 1 aliphatic heterocycles. The number of nitrogen functional groups attached to an aromatic ring is 1. The highest BCUT2D eigenvalue weighted by Crippen LogP contribution is 2.21. The van der Waals surface area contributed by atoms with Crippen LogP contribution in [0.2, 0.25) is 0 Å². The fourth-order valence-electron chi connectivity index (χ4n) is 3.17. The average molecular weight is 365 g/mol. The summed E-state index contributed by atoms with van der Waals surface area (Å²) in [5.41, 5.74) is 12.3. The number of amides is 1. The summed E-state index contributed by atoms with van der Waals surface area (Å²) in [7, 11) is 0. The Morgan fingerprint density at radius 3 is 2.92 bits per heavy atom. The van der Waals surface area contributed by atoms with Crippen molar-refractivity contribution < 1.29 is 4.79 Å². The van der Waals surface area contributed by atoms with E-state index in [-0.39, 0.29) is 24.2 Å². The van der Waals surface area contributed by atoms with E-state index in [1.165, 1.54) is 0 Å². The van der Waals surface area contributed by atoms with E-state index in [9.17, 15) is 4.79 Å². The Hall–Kier alpha value is -1.96. The summed E-state index contributed by atoms with van der Waals surface area (Å²) in [6.07, 6.45) is 1.90. The summed E-state index contributed by atoms with van der Waals surface area (Å²) in [6, 6.07) is 7.73. The van der Waals surface area contributed by atoms with Crippen molar-refractivity contribution in [2.45, 2.75) is 19.4 Å². The van der Waals surface area contributed by atoms with Crippen molar-refractivity contribution in [3.63, 3.8) is 0 Å². The minimum atomic E-state index is 0. The second-order valence-electron chi connectivity index (χ2n) is 6.20. The molecule has 8 heteroatoms. The Kier molecular flexibility index (Phi) is 6.92. The zero-order valence-corrected chi connectivity index (χ0v) is 15.0. The number of carbonyl (C=O) groups excluding carboxylic acids is 1. The Labute approximate surface area is 153 Å². The van der Waals surface area contributed by atoms with Gasteiger partial charge in [-0.2, -0.15) is 0 Å². The molecule has 0 aliphatic carbocycles. The lowest BCUT2D eigenvalue weighted by molar-refractivity contribution is -0.126. The van der Waals surface area contributed by atoms with Gasteiger partial charge < -0.3 is 16.8 Å². The number of fused-ring (bicyclic) bond motifs is 1. The zero-order valence-electron chi connectivity index (χ0n) is 14.1. The standard InChI is InChI=1S/C17H24N6O.ClH/c18-7-8-20-17(24)12-4-3-9-23(10-12)11-15-21-14-6-2-1-5-13(14)16(19)22-15;/h1-2,5-6,12H,3-4,7-11,18H2,(H,20,24)(H2,19,21,22);1H. The fraction of sp³-hybridized carbons (Fsp3) is 0.471. The van der Waals surface area contributed by atoms with Gasteiger partial charge in [0.15, 0.2) is 0 Å². The monoisotopic (exact) mass is 364 g/mol.